The van der Waals surface area contributed by atoms with Crippen molar-refractivity contribution in [3.05, 3.63) is 30.3 Å². The minimum absolute atomic E-state index is 0.260. The molecule has 0 aliphatic rings. The summed E-state index contributed by atoms with van der Waals surface area (Å²) in [7, 11) is 0. The van der Waals surface area contributed by atoms with Gasteiger partial charge in [-0.05, 0) is 25.0 Å². The quantitative estimate of drug-likeness (QED) is 0.511. The number of aliphatic carboxylic acids is 1. The number of carboxylic acids is 1. The first-order valence-corrected chi connectivity index (χ1v) is 7.77. The lowest BCUT2D eigenvalue weighted by atomic mass is 10.1. The third-order valence-electron chi connectivity index (χ3n) is 2.76. The zero-order valence-electron chi connectivity index (χ0n) is 11.0. The smallest absolute Gasteiger partial charge is 0.303 e. The van der Waals surface area contributed by atoms with Crippen molar-refractivity contribution in [1.82, 2.24) is 4.72 Å². The molecule has 5 heteroatoms. The van der Waals surface area contributed by atoms with E-state index < -0.39 is 17.3 Å². The Bertz CT molecular complexity index is 359. The van der Waals surface area contributed by atoms with Gasteiger partial charge in [-0.2, -0.15) is 0 Å². The zero-order chi connectivity index (χ0) is 13.9. The van der Waals surface area contributed by atoms with Crippen LogP contribution in [0.25, 0.3) is 0 Å². The lowest BCUT2D eigenvalue weighted by Crippen LogP contribution is -2.24. The van der Waals surface area contributed by atoms with Gasteiger partial charge >= 0.3 is 5.97 Å². The predicted octanol–water partition coefficient (Wildman–Crippen LogP) is 2.72. The van der Waals surface area contributed by atoms with E-state index in [0.29, 0.717) is 0 Å². The summed E-state index contributed by atoms with van der Waals surface area (Å²) in [5.74, 6) is -0.722. The molecule has 1 atom stereocenters. The summed E-state index contributed by atoms with van der Waals surface area (Å²) in [6, 6.07) is 9.33. The maximum absolute atomic E-state index is 11.8. The number of carbonyl (C=O) groups is 1. The average molecular weight is 283 g/mol. The maximum atomic E-state index is 11.8. The maximum Gasteiger partial charge on any atom is 0.303 e. The molecule has 1 unspecified atom stereocenters. The van der Waals surface area contributed by atoms with Crippen molar-refractivity contribution in [3.63, 3.8) is 0 Å². The molecule has 4 nitrogen and oxygen atoms in total. The van der Waals surface area contributed by atoms with E-state index in [0.717, 1.165) is 43.5 Å². The number of carboxylic acid groups (broad SMARTS) is 1. The number of benzene rings is 1. The fourth-order valence-corrected chi connectivity index (χ4v) is 2.62. The van der Waals surface area contributed by atoms with Crippen LogP contribution in [0.4, 0.5) is 0 Å². The number of hydrogen-bond donors (Lipinski definition) is 2. The Morgan fingerprint density at radius 2 is 1.74 bits per heavy atom. The van der Waals surface area contributed by atoms with Crippen molar-refractivity contribution < 1.29 is 14.5 Å². The summed E-state index contributed by atoms with van der Waals surface area (Å²) in [5.41, 5.74) is 0. The number of hydrogen-bond acceptors (Lipinski definition) is 3. The van der Waals surface area contributed by atoms with Crippen LogP contribution in [0, 0.1) is 0 Å². The Morgan fingerprint density at radius 1 is 1.11 bits per heavy atom. The van der Waals surface area contributed by atoms with Crippen molar-refractivity contribution >= 4 is 17.3 Å². The fourth-order valence-electron chi connectivity index (χ4n) is 1.72. The van der Waals surface area contributed by atoms with Crippen LogP contribution >= 0.6 is 0 Å². The van der Waals surface area contributed by atoms with Crippen molar-refractivity contribution in [1.29, 1.82) is 0 Å². The van der Waals surface area contributed by atoms with E-state index in [1.54, 1.807) is 0 Å². The Balaban J connectivity index is 1.98. The van der Waals surface area contributed by atoms with Gasteiger partial charge in [-0.3, -0.25) is 4.79 Å². The Hall–Kier alpha value is -1.04. The van der Waals surface area contributed by atoms with Crippen LogP contribution in [-0.2, 0) is 16.2 Å². The van der Waals surface area contributed by atoms with E-state index in [9.17, 15) is 9.35 Å². The highest BCUT2D eigenvalue weighted by atomic mass is 32.2. The zero-order valence-corrected chi connectivity index (χ0v) is 11.8. The van der Waals surface area contributed by atoms with Gasteiger partial charge in [-0.1, -0.05) is 37.5 Å². The monoisotopic (exact) mass is 283 g/mol. The Kier molecular flexibility index (Phi) is 8.29. The van der Waals surface area contributed by atoms with Gasteiger partial charge in [0.2, 0.25) is 0 Å². The van der Waals surface area contributed by atoms with Crippen molar-refractivity contribution in [2.45, 2.75) is 43.4 Å². The summed E-state index contributed by atoms with van der Waals surface area (Å²) in [5, 5.41) is 8.48. The van der Waals surface area contributed by atoms with Crippen molar-refractivity contribution in [2.75, 3.05) is 6.54 Å². The summed E-state index contributed by atoms with van der Waals surface area (Å²) < 4.78 is 14.8. The lowest BCUT2D eigenvalue weighted by molar-refractivity contribution is -0.137. The predicted molar refractivity (Wildman–Crippen MR) is 76.2 cm³/mol. The van der Waals surface area contributed by atoms with Crippen LogP contribution in [0.5, 0.6) is 0 Å². The van der Waals surface area contributed by atoms with Crippen LogP contribution in [0.1, 0.15) is 38.5 Å². The van der Waals surface area contributed by atoms with Gasteiger partial charge < -0.3 is 9.66 Å². The molecule has 0 bridgehead atoms. The average Bonchev–Trinajstić information content (AvgIpc) is 2.42. The highest BCUT2D eigenvalue weighted by Crippen LogP contribution is 2.08. The molecule has 2 N–H and O–H groups in total. The fraction of sp³-hybridized carbons (Fsp3) is 0.500. The van der Waals surface area contributed by atoms with E-state index in [4.69, 9.17) is 5.11 Å². The highest BCUT2D eigenvalue weighted by molar-refractivity contribution is 7.89. The largest absolute Gasteiger partial charge is 0.593 e. The minimum atomic E-state index is -1.13. The molecule has 0 amide bonds. The molecular weight excluding hydrogens is 262 g/mol. The van der Waals surface area contributed by atoms with Crippen LogP contribution in [-0.4, -0.2) is 22.2 Å². The molecular formula is C14H21NO3S. The first kappa shape index (κ1) is 16.0. The summed E-state index contributed by atoms with van der Waals surface area (Å²) in [6.07, 6.45) is 5.00. The molecule has 19 heavy (non-hydrogen) atoms. The third kappa shape index (κ3) is 7.87. The van der Waals surface area contributed by atoms with E-state index in [1.165, 1.54) is 0 Å². The molecule has 106 valence electrons. The van der Waals surface area contributed by atoms with Crippen LogP contribution in [0.3, 0.4) is 0 Å². The van der Waals surface area contributed by atoms with Gasteiger partial charge in [0.25, 0.3) is 0 Å². The molecule has 0 fully saturated rings. The van der Waals surface area contributed by atoms with E-state index in [-0.39, 0.29) is 6.42 Å². The van der Waals surface area contributed by atoms with Crippen molar-refractivity contribution in [2.24, 2.45) is 0 Å². The third-order valence-corrected chi connectivity index (χ3v) is 3.92. The van der Waals surface area contributed by atoms with Gasteiger partial charge in [-0.25, -0.2) is 0 Å². The van der Waals surface area contributed by atoms with Crippen LogP contribution in [0.2, 0.25) is 0 Å². The van der Waals surface area contributed by atoms with E-state index >= 15 is 0 Å². The first-order valence-electron chi connectivity index (χ1n) is 6.62. The normalized spacial score (nSPS) is 12.3. The SMILES string of the molecule is O=C(O)CCCCCCCN[S+]([O-])c1ccccc1. The number of unbranched alkanes of at least 4 members (excludes halogenated alkanes) is 4. The molecule has 1 aromatic carbocycles. The molecule has 0 aliphatic heterocycles. The molecule has 0 aliphatic carbocycles. The Morgan fingerprint density at radius 3 is 2.42 bits per heavy atom. The minimum Gasteiger partial charge on any atom is -0.593 e. The van der Waals surface area contributed by atoms with Gasteiger partial charge in [0.05, 0.1) is 11.4 Å². The van der Waals surface area contributed by atoms with E-state index in [1.807, 2.05) is 30.3 Å². The molecule has 0 saturated heterocycles. The van der Waals surface area contributed by atoms with Crippen LogP contribution < -0.4 is 4.72 Å². The summed E-state index contributed by atoms with van der Waals surface area (Å²) >= 11 is -1.13. The van der Waals surface area contributed by atoms with Crippen molar-refractivity contribution in [3.8, 4) is 0 Å². The summed E-state index contributed by atoms with van der Waals surface area (Å²) in [4.78, 5) is 11.1. The molecule has 1 rings (SSSR count). The molecule has 0 radical (unpaired) electrons. The second-order valence-corrected chi connectivity index (χ2v) is 5.69. The highest BCUT2D eigenvalue weighted by Gasteiger charge is 2.08. The standard InChI is InChI=1S/C14H21NO3S/c16-14(17)11-7-2-1-3-8-12-15-19(18)13-9-5-4-6-10-13/h4-6,9-10,15H,1-3,7-8,11-12H2,(H,16,17). The van der Waals surface area contributed by atoms with Gasteiger partial charge in [-0.15, -0.1) is 4.72 Å². The lowest BCUT2D eigenvalue weighted by Gasteiger charge is -2.10. The van der Waals surface area contributed by atoms with E-state index in [2.05, 4.69) is 4.72 Å². The molecule has 0 aromatic heterocycles. The number of rotatable bonds is 10. The van der Waals surface area contributed by atoms with Gasteiger partial charge in [0.1, 0.15) is 0 Å². The van der Waals surface area contributed by atoms with Gasteiger partial charge in [0, 0.05) is 13.0 Å². The molecule has 0 spiro atoms. The molecule has 0 heterocycles. The Labute approximate surface area is 117 Å². The molecule has 0 saturated carbocycles. The first-order chi connectivity index (χ1) is 9.20. The van der Waals surface area contributed by atoms with Crippen LogP contribution in [0.15, 0.2) is 35.2 Å². The summed E-state index contributed by atoms with van der Waals surface area (Å²) in [6.45, 7) is 0.723. The second-order valence-electron chi connectivity index (χ2n) is 4.39. The second kappa shape index (κ2) is 9.83. The van der Waals surface area contributed by atoms with Gasteiger partial charge in [0.15, 0.2) is 4.90 Å². The molecule has 1 aromatic rings. The number of nitrogens with one attached hydrogen (secondary N) is 1. The topological polar surface area (TPSA) is 72.4 Å².